The van der Waals surface area contributed by atoms with Gasteiger partial charge in [-0.05, 0) is 30.9 Å². The Kier molecular flexibility index (Phi) is 3.91. The number of amides is 2. The molecule has 2 aliphatic rings. The summed E-state index contributed by atoms with van der Waals surface area (Å²) in [6.07, 6.45) is 2.58. The highest BCUT2D eigenvalue weighted by molar-refractivity contribution is 6.02. The van der Waals surface area contributed by atoms with Crippen LogP contribution in [0.2, 0.25) is 0 Å². The highest BCUT2D eigenvalue weighted by Gasteiger charge is 2.31. The van der Waals surface area contributed by atoms with Crippen molar-refractivity contribution in [2.45, 2.75) is 32.2 Å². The molecule has 0 bridgehead atoms. The van der Waals surface area contributed by atoms with Gasteiger partial charge in [-0.15, -0.1) is 0 Å². The minimum absolute atomic E-state index is 0.0605. The Hall–Kier alpha value is -2.83. The Balaban J connectivity index is 1.50. The molecule has 2 N–H and O–H groups in total. The summed E-state index contributed by atoms with van der Waals surface area (Å²) in [6.45, 7) is 2.20. The molecule has 1 aliphatic heterocycles. The molecule has 130 valence electrons. The zero-order chi connectivity index (χ0) is 17.4. The molecule has 2 atom stereocenters. The summed E-state index contributed by atoms with van der Waals surface area (Å²) in [5.74, 6) is 1.12. The van der Waals surface area contributed by atoms with Crippen molar-refractivity contribution in [1.82, 2.24) is 10.5 Å². The van der Waals surface area contributed by atoms with E-state index in [4.69, 9.17) is 9.26 Å². The van der Waals surface area contributed by atoms with E-state index in [1.54, 1.807) is 12.1 Å². The number of carbonyl (C=O) groups excluding carboxylic acids is 2. The van der Waals surface area contributed by atoms with Crippen LogP contribution >= 0.6 is 0 Å². The molecule has 1 unspecified atom stereocenters. The molecule has 2 heterocycles. The Labute approximate surface area is 144 Å². The molecule has 7 heteroatoms. The quantitative estimate of drug-likeness (QED) is 0.870. The lowest BCUT2D eigenvalue weighted by Crippen LogP contribution is -2.46. The van der Waals surface area contributed by atoms with Gasteiger partial charge in [0.05, 0.1) is 5.69 Å². The molecular formula is C18H19N3O4. The normalized spacial score (nSPS) is 22.0. The summed E-state index contributed by atoms with van der Waals surface area (Å²) < 4.78 is 10.9. The number of aromatic nitrogens is 1. The van der Waals surface area contributed by atoms with Crippen LogP contribution in [0.5, 0.6) is 5.75 Å². The van der Waals surface area contributed by atoms with Crippen LogP contribution in [0.25, 0.3) is 0 Å². The SMILES string of the molecule is CC1CCc2onc(C(=O)N[C@H]3COc4ccccc4NC3=O)c2C1. The van der Waals surface area contributed by atoms with Crippen LogP contribution in [0.15, 0.2) is 28.8 Å². The number of fused-ring (bicyclic) bond motifs is 2. The van der Waals surface area contributed by atoms with Crippen molar-refractivity contribution in [3.8, 4) is 5.75 Å². The van der Waals surface area contributed by atoms with Crippen molar-refractivity contribution in [3.63, 3.8) is 0 Å². The molecule has 4 rings (SSSR count). The molecule has 0 radical (unpaired) electrons. The molecule has 0 spiro atoms. The van der Waals surface area contributed by atoms with E-state index in [9.17, 15) is 9.59 Å². The molecule has 2 amide bonds. The van der Waals surface area contributed by atoms with Crippen LogP contribution < -0.4 is 15.4 Å². The van der Waals surface area contributed by atoms with Gasteiger partial charge in [-0.25, -0.2) is 0 Å². The van der Waals surface area contributed by atoms with Crippen LogP contribution in [0.4, 0.5) is 5.69 Å². The second-order valence-corrected chi connectivity index (χ2v) is 6.60. The molecule has 0 fully saturated rings. The maximum atomic E-state index is 12.6. The molecule has 1 aromatic heterocycles. The molecule has 2 aromatic rings. The van der Waals surface area contributed by atoms with Gasteiger partial charge in [0.25, 0.3) is 11.8 Å². The van der Waals surface area contributed by atoms with E-state index in [2.05, 4.69) is 22.7 Å². The number of benzene rings is 1. The molecule has 0 saturated heterocycles. The number of hydrogen-bond donors (Lipinski definition) is 2. The van der Waals surface area contributed by atoms with Crippen molar-refractivity contribution >= 4 is 17.5 Å². The van der Waals surface area contributed by atoms with Crippen molar-refractivity contribution < 1.29 is 18.8 Å². The topological polar surface area (TPSA) is 93.5 Å². The number of nitrogens with zero attached hydrogens (tertiary/aromatic N) is 1. The van der Waals surface area contributed by atoms with Gasteiger partial charge in [0.15, 0.2) is 5.69 Å². The first-order valence-electron chi connectivity index (χ1n) is 8.43. The fraction of sp³-hybridized carbons (Fsp3) is 0.389. The molecule has 1 aromatic carbocycles. The van der Waals surface area contributed by atoms with E-state index in [0.717, 1.165) is 30.6 Å². The predicted octanol–water partition coefficient (Wildman–Crippen LogP) is 1.93. The minimum Gasteiger partial charge on any atom is -0.489 e. The van der Waals surface area contributed by atoms with E-state index >= 15 is 0 Å². The number of nitrogens with one attached hydrogen (secondary N) is 2. The van der Waals surface area contributed by atoms with Crippen LogP contribution in [-0.2, 0) is 17.6 Å². The number of carbonyl (C=O) groups is 2. The third-order valence-corrected chi connectivity index (χ3v) is 4.67. The number of aryl methyl sites for hydroxylation is 1. The van der Waals surface area contributed by atoms with Gasteiger partial charge in [-0.1, -0.05) is 24.2 Å². The molecule has 25 heavy (non-hydrogen) atoms. The summed E-state index contributed by atoms with van der Waals surface area (Å²) in [6, 6.07) is 6.37. The van der Waals surface area contributed by atoms with Crippen molar-refractivity contribution in [3.05, 3.63) is 41.3 Å². The first-order valence-corrected chi connectivity index (χ1v) is 8.43. The number of hydrogen-bond acceptors (Lipinski definition) is 5. The van der Waals surface area contributed by atoms with E-state index in [1.165, 1.54) is 0 Å². The standard InChI is InChI=1S/C18H19N3O4/c1-10-6-7-14-11(8-10)16(21-25-14)18(23)20-13-9-24-15-5-3-2-4-12(15)19-17(13)22/h2-5,10,13H,6-9H2,1H3,(H,19,22)(H,20,23)/t10?,13-/m0/s1. The lowest BCUT2D eigenvalue weighted by atomic mass is 9.88. The van der Waals surface area contributed by atoms with Gasteiger partial charge in [0, 0.05) is 12.0 Å². The predicted molar refractivity (Wildman–Crippen MR) is 89.5 cm³/mol. The van der Waals surface area contributed by atoms with E-state index < -0.39 is 11.9 Å². The minimum atomic E-state index is -0.798. The maximum Gasteiger partial charge on any atom is 0.274 e. The lowest BCUT2D eigenvalue weighted by molar-refractivity contribution is -0.118. The molecule has 7 nitrogen and oxygen atoms in total. The van der Waals surface area contributed by atoms with Crippen molar-refractivity contribution in [1.29, 1.82) is 0 Å². The van der Waals surface area contributed by atoms with Gasteiger partial charge < -0.3 is 19.9 Å². The monoisotopic (exact) mass is 341 g/mol. The highest BCUT2D eigenvalue weighted by atomic mass is 16.5. The average molecular weight is 341 g/mol. The molecule has 0 saturated carbocycles. The smallest absolute Gasteiger partial charge is 0.274 e. The molecular weight excluding hydrogens is 322 g/mol. The fourth-order valence-electron chi connectivity index (χ4n) is 3.25. The Morgan fingerprint density at radius 3 is 3.08 bits per heavy atom. The maximum absolute atomic E-state index is 12.6. The van der Waals surface area contributed by atoms with E-state index in [1.807, 2.05) is 12.1 Å². The third-order valence-electron chi connectivity index (χ3n) is 4.67. The Morgan fingerprint density at radius 1 is 1.36 bits per heavy atom. The number of ether oxygens (including phenoxy) is 1. The van der Waals surface area contributed by atoms with Crippen LogP contribution in [-0.4, -0.2) is 29.6 Å². The van der Waals surface area contributed by atoms with Gasteiger partial charge in [-0.3, -0.25) is 9.59 Å². The number of rotatable bonds is 2. The summed E-state index contributed by atoms with van der Waals surface area (Å²) in [5.41, 5.74) is 1.72. The van der Waals surface area contributed by atoms with Gasteiger partial charge in [0.2, 0.25) is 0 Å². The summed E-state index contributed by atoms with van der Waals surface area (Å²) in [4.78, 5) is 25.0. The fourth-order valence-corrected chi connectivity index (χ4v) is 3.25. The molecule has 1 aliphatic carbocycles. The number of para-hydroxylation sites is 2. The summed E-state index contributed by atoms with van der Waals surface area (Å²) in [5, 5.41) is 9.41. The first kappa shape index (κ1) is 15.7. The van der Waals surface area contributed by atoms with Crippen LogP contribution in [0.1, 0.15) is 35.2 Å². The summed E-state index contributed by atoms with van der Waals surface area (Å²) >= 11 is 0. The lowest BCUT2D eigenvalue weighted by Gasteiger charge is -2.17. The number of anilines is 1. The van der Waals surface area contributed by atoms with Crippen LogP contribution in [0.3, 0.4) is 0 Å². The largest absolute Gasteiger partial charge is 0.489 e. The zero-order valence-electron chi connectivity index (χ0n) is 13.9. The third kappa shape index (κ3) is 2.97. The summed E-state index contributed by atoms with van der Waals surface area (Å²) in [7, 11) is 0. The highest BCUT2D eigenvalue weighted by Crippen LogP contribution is 2.28. The van der Waals surface area contributed by atoms with E-state index in [-0.39, 0.29) is 18.2 Å². The Morgan fingerprint density at radius 2 is 2.20 bits per heavy atom. The zero-order valence-corrected chi connectivity index (χ0v) is 13.9. The van der Waals surface area contributed by atoms with E-state index in [0.29, 0.717) is 17.4 Å². The average Bonchev–Trinajstić information content (AvgIpc) is 2.95. The van der Waals surface area contributed by atoms with Crippen molar-refractivity contribution in [2.75, 3.05) is 11.9 Å². The van der Waals surface area contributed by atoms with Gasteiger partial charge in [-0.2, -0.15) is 0 Å². The second kappa shape index (κ2) is 6.23. The van der Waals surface area contributed by atoms with Gasteiger partial charge >= 0.3 is 0 Å². The van der Waals surface area contributed by atoms with Crippen molar-refractivity contribution in [2.24, 2.45) is 5.92 Å². The Bertz CT molecular complexity index is 829. The van der Waals surface area contributed by atoms with Crippen LogP contribution in [0, 0.1) is 5.92 Å². The second-order valence-electron chi connectivity index (χ2n) is 6.60. The van der Waals surface area contributed by atoms with Gasteiger partial charge in [0.1, 0.15) is 24.2 Å². The first-order chi connectivity index (χ1) is 12.1.